The Bertz CT molecular complexity index is 4210. The van der Waals surface area contributed by atoms with Gasteiger partial charge in [-0.25, -0.2) is 0 Å². The van der Waals surface area contributed by atoms with Crippen molar-refractivity contribution in [1.29, 1.82) is 0 Å². The van der Waals surface area contributed by atoms with E-state index >= 15 is 0 Å². The average molecular weight is 826 g/mol. The van der Waals surface area contributed by atoms with E-state index in [0.717, 1.165) is 0 Å². The van der Waals surface area contributed by atoms with Crippen molar-refractivity contribution >= 4 is 422 Å². The van der Waals surface area contributed by atoms with Crippen LogP contribution >= 0.6 is 0 Å². The molecule has 0 aliphatic rings. The fourth-order valence-electron chi connectivity index (χ4n) is 10.4. The molecule has 9 aromatic carbocycles. The largest absolute Gasteiger partial charge is 0.456 e. The molecule has 0 fully saturated rings. The van der Waals surface area contributed by atoms with Gasteiger partial charge in [-0.05, 0) is 70.7 Å². The number of fused-ring (bicyclic) bond motifs is 10. The zero-order valence-electron chi connectivity index (χ0n) is 37.4. The molecule has 1 aromatic heterocycles. The molecule has 10 rings (SSSR count). The monoisotopic (exact) mass is 830 g/mol. The summed E-state index contributed by atoms with van der Waals surface area (Å²) < 4.78 is 6.48. The van der Waals surface area contributed by atoms with Gasteiger partial charge in [0.2, 0.25) is 0 Å². The average Bonchev–Trinajstić information content (AvgIpc) is 3.75. The van der Waals surface area contributed by atoms with Crippen molar-refractivity contribution in [3.63, 3.8) is 0 Å². The molecule has 0 amide bonds. The fraction of sp³-hybridized carbons (Fsp3) is 0. The first-order valence-corrected chi connectivity index (χ1v) is 20.9. The van der Waals surface area contributed by atoms with E-state index in [1.54, 1.807) is 0 Å². The number of hydrogen-bond acceptors (Lipinski definition) is 1. The maximum absolute atomic E-state index is 7.37. The summed E-state index contributed by atoms with van der Waals surface area (Å²) in [6, 6.07) is 0. The predicted octanol–water partition coefficient (Wildman–Crippen LogP) is -18.7. The second-order valence-electron chi connectivity index (χ2n) is 17.5. The van der Waals surface area contributed by atoms with Crippen LogP contribution in [0.25, 0.3) is 98.1 Å². The third-order valence-corrected chi connectivity index (χ3v) is 14.1. The van der Waals surface area contributed by atoms with Crippen LogP contribution in [0.3, 0.4) is 0 Å². The Morgan fingerprint density at radius 3 is 0.718 bits per heavy atom. The van der Waals surface area contributed by atoms with E-state index in [-0.39, 0.29) is 240 Å². The molecule has 0 saturated heterocycles. The normalized spacial score (nSPS) is 12.0. The van der Waals surface area contributed by atoms with Gasteiger partial charge in [-0.15, -0.1) is 54.6 Å². The van der Waals surface area contributed by atoms with Gasteiger partial charge in [0.15, 0.2) is 0 Å². The van der Waals surface area contributed by atoms with Crippen LogP contribution in [-0.2, 0) is 0 Å². The van der Waals surface area contributed by atoms with Gasteiger partial charge in [-0.3, -0.25) is 0 Å². The molecular formula is C44B26O. The lowest BCUT2D eigenvalue weighted by Crippen LogP contribution is -2.52. The van der Waals surface area contributed by atoms with Crippen LogP contribution in [0.1, 0.15) is 0 Å². The Morgan fingerprint density at radius 2 is 0.338 bits per heavy atom. The van der Waals surface area contributed by atoms with Crippen LogP contribution in [0.2, 0.25) is 0 Å². The highest BCUT2D eigenvalue weighted by atomic mass is 16.3. The summed E-state index contributed by atoms with van der Waals surface area (Å²) >= 11 is 0. The molecule has 0 atom stereocenters. The fourth-order valence-corrected chi connectivity index (χ4v) is 10.4. The van der Waals surface area contributed by atoms with Crippen molar-refractivity contribution < 1.29 is 4.42 Å². The van der Waals surface area contributed by atoms with Crippen LogP contribution in [0.15, 0.2) is 4.42 Å². The van der Waals surface area contributed by atoms with E-state index in [9.17, 15) is 0 Å². The highest BCUT2D eigenvalue weighted by molar-refractivity contribution is 6.78. The Balaban J connectivity index is 1.56. The molecule has 260 valence electrons. The van der Waals surface area contributed by atoms with E-state index < -0.39 is 0 Å². The van der Waals surface area contributed by atoms with Gasteiger partial charge in [0, 0.05) is 16.2 Å². The molecule has 10 aromatic rings. The molecule has 0 spiro atoms. The van der Waals surface area contributed by atoms with E-state index in [0.29, 0.717) is 0 Å². The second kappa shape index (κ2) is 16.6. The molecule has 0 bridgehead atoms. The minimum atomic E-state index is -0.203. The predicted molar refractivity (Wildman–Crippen MR) is 332 cm³/mol. The Labute approximate surface area is 445 Å². The van der Waals surface area contributed by atoms with Crippen LogP contribution in [0.5, 0.6) is 0 Å². The first-order chi connectivity index (χ1) is 33.2. The maximum Gasteiger partial charge on any atom is 0.141 e. The lowest BCUT2D eigenvalue weighted by atomic mass is 9.56. The third-order valence-electron chi connectivity index (χ3n) is 14.1. The van der Waals surface area contributed by atoms with Crippen molar-refractivity contribution in [2.45, 2.75) is 0 Å². The van der Waals surface area contributed by atoms with Gasteiger partial charge in [0.25, 0.3) is 0 Å². The Morgan fingerprint density at radius 1 is 0.127 bits per heavy atom. The van der Waals surface area contributed by atoms with Crippen LogP contribution in [0.4, 0.5) is 0 Å². The highest BCUT2D eigenvalue weighted by Gasteiger charge is 2.32. The number of rotatable bonds is 2. The molecule has 0 N–H and O–H groups in total. The van der Waals surface area contributed by atoms with E-state index in [4.69, 9.17) is 208 Å². The van der Waals surface area contributed by atoms with Gasteiger partial charge in [0.05, 0.1) is 0 Å². The third kappa shape index (κ3) is 6.20. The van der Waals surface area contributed by atoms with Crippen molar-refractivity contribution in [1.82, 2.24) is 0 Å². The first kappa shape index (κ1) is 50.3. The van der Waals surface area contributed by atoms with Crippen LogP contribution < -0.4 is 142 Å². The van der Waals surface area contributed by atoms with Crippen molar-refractivity contribution in [3.05, 3.63) is 0 Å². The summed E-state index contributed by atoms with van der Waals surface area (Å²) in [6.45, 7) is 0. The minimum Gasteiger partial charge on any atom is -0.456 e. The van der Waals surface area contributed by atoms with Crippen molar-refractivity contribution in [3.8, 4) is 22.3 Å². The lowest BCUT2D eigenvalue weighted by molar-refractivity contribution is 0.676. The zero-order chi connectivity index (χ0) is 52.1. The summed E-state index contributed by atoms with van der Waals surface area (Å²) in [6.07, 6.45) is 0. The Hall–Kier alpha value is -4.23. The van der Waals surface area contributed by atoms with E-state index in [2.05, 4.69) is 0 Å². The van der Waals surface area contributed by atoms with Gasteiger partial charge >= 0.3 is 0 Å². The topological polar surface area (TPSA) is 13.1 Å². The van der Waals surface area contributed by atoms with Crippen LogP contribution in [-0.4, -0.2) is 204 Å². The molecule has 1 heterocycles. The van der Waals surface area contributed by atoms with Crippen LogP contribution in [0, 0.1) is 0 Å². The molecule has 0 aliphatic carbocycles. The summed E-state index contributed by atoms with van der Waals surface area (Å²) in [5, 5.41) is 0.792. The molecule has 27 heteroatoms. The zero-order valence-corrected chi connectivity index (χ0v) is 37.4. The number of benzene rings is 9. The molecule has 52 radical (unpaired) electrons. The second-order valence-corrected chi connectivity index (χ2v) is 17.5. The Kier molecular flexibility index (Phi) is 11.8. The maximum atomic E-state index is 7.37. The van der Waals surface area contributed by atoms with Crippen molar-refractivity contribution in [2.75, 3.05) is 0 Å². The molecule has 0 unspecified atom stereocenters. The quantitative estimate of drug-likeness (QED) is 0.0961. The SMILES string of the molecule is [B]c1c(-c2c3c([B])c([B])c([B])c([B])c3c(-c3c([B])c4c([B])c([B])c([B])c([B])c4c4c([B])c([B])c([B])c([B])c34)c3c([B])c([B])c([B])c([B])c23)c([B])c2c(oc3c4c([B])c([B])c([B])c([B])c4c([B])c([B])c32)c1[B]. The van der Waals surface area contributed by atoms with Gasteiger partial charge in [-0.1, -0.05) is 87.4 Å². The van der Waals surface area contributed by atoms with E-state index in [1.165, 1.54) is 0 Å². The molecule has 0 saturated carbocycles. The minimum absolute atomic E-state index is 0.00250. The molecule has 0 aliphatic heterocycles. The first-order valence-electron chi connectivity index (χ1n) is 20.9. The highest BCUT2D eigenvalue weighted by Crippen LogP contribution is 2.42. The summed E-state index contributed by atoms with van der Waals surface area (Å²) in [5.41, 5.74) is -3.45. The van der Waals surface area contributed by atoms with Gasteiger partial charge in [-0.2, -0.15) is 0 Å². The number of furan rings is 1. The smallest absolute Gasteiger partial charge is 0.141 e. The molecule has 71 heavy (non-hydrogen) atoms. The summed E-state index contributed by atoms with van der Waals surface area (Å²) in [7, 11) is 177. The van der Waals surface area contributed by atoms with E-state index in [1.807, 2.05) is 0 Å². The standard InChI is InChI=1S/C44B26O/c45-17-3(8-9(24(52)37(65)36(64)23(8)51)10-12(17)27(55)39(67)38(66)25(10)53)1-4-6(21(49)34(62)32(60)19(4)47)2(7-5(1)20(48)33(61)35(63)22(7)50)11-18(46)15-16-30(58)26(54)13-14(31(59)41(69)40(68)28(13)56)43(16)71-44(15)42(70)29(11)57. The summed E-state index contributed by atoms with van der Waals surface area (Å²) in [4.78, 5) is 0. The van der Waals surface area contributed by atoms with Gasteiger partial charge in [0.1, 0.15) is 215 Å². The number of hydrogen-bond donors (Lipinski definition) is 0. The lowest BCUT2D eigenvalue weighted by Gasteiger charge is -2.33. The van der Waals surface area contributed by atoms with Gasteiger partial charge < -0.3 is 4.42 Å². The van der Waals surface area contributed by atoms with Crippen molar-refractivity contribution in [2.24, 2.45) is 0 Å². The summed E-state index contributed by atoms with van der Waals surface area (Å²) in [5.74, 6) is 0. The molecular weight excluding hydrogens is 826 g/mol. The molecule has 1 nitrogen and oxygen atoms in total.